The third kappa shape index (κ3) is 4.07. The molecule has 2 aliphatic rings. The molecular weight excluding hydrogens is 276 g/mol. The van der Waals surface area contributed by atoms with Gasteiger partial charge in [0.05, 0.1) is 19.3 Å². The molecule has 22 heavy (non-hydrogen) atoms. The predicted octanol–water partition coefficient (Wildman–Crippen LogP) is 1.86. The van der Waals surface area contributed by atoms with E-state index in [1.807, 2.05) is 12.1 Å². The molecule has 1 N–H and O–H groups in total. The molecule has 0 bridgehead atoms. The topological polar surface area (TPSA) is 35.9 Å². The monoisotopic (exact) mass is 304 g/mol. The van der Waals surface area contributed by atoms with Gasteiger partial charge in [0.15, 0.2) is 0 Å². The Kier molecular flexibility index (Phi) is 5.47. The maximum atomic E-state index is 9.10. The second-order valence-corrected chi connectivity index (χ2v) is 6.66. The molecule has 4 heteroatoms. The number of morpholine rings is 1. The van der Waals surface area contributed by atoms with E-state index in [1.165, 1.54) is 31.5 Å². The van der Waals surface area contributed by atoms with Crippen molar-refractivity contribution in [3.05, 3.63) is 35.4 Å². The first kappa shape index (κ1) is 15.9. The fourth-order valence-electron chi connectivity index (χ4n) is 3.63. The molecule has 2 fully saturated rings. The van der Waals surface area contributed by atoms with E-state index in [2.05, 4.69) is 28.9 Å². The average molecular weight is 304 g/mol. The molecule has 0 aromatic heterocycles. The second kappa shape index (κ2) is 7.55. The number of hydrogen-bond acceptors (Lipinski definition) is 4. The summed E-state index contributed by atoms with van der Waals surface area (Å²) in [5.74, 6) is 0. The molecular formula is C18H28N2O2. The van der Waals surface area contributed by atoms with Crippen LogP contribution in [0.2, 0.25) is 0 Å². The van der Waals surface area contributed by atoms with E-state index in [-0.39, 0.29) is 6.61 Å². The highest BCUT2D eigenvalue weighted by atomic mass is 16.5. The van der Waals surface area contributed by atoms with Gasteiger partial charge in [-0.25, -0.2) is 0 Å². The van der Waals surface area contributed by atoms with Gasteiger partial charge in [0.1, 0.15) is 0 Å². The third-order valence-electron chi connectivity index (χ3n) is 4.96. The van der Waals surface area contributed by atoms with Crippen LogP contribution in [0.5, 0.6) is 0 Å². The molecule has 1 aromatic rings. The lowest BCUT2D eigenvalue weighted by molar-refractivity contribution is -0.0437. The quantitative estimate of drug-likeness (QED) is 0.921. The molecule has 122 valence electrons. The van der Waals surface area contributed by atoms with Crippen molar-refractivity contribution in [1.29, 1.82) is 0 Å². The predicted molar refractivity (Wildman–Crippen MR) is 87.7 cm³/mol. The molecule has 0 aliphatic carbocycles. The lowest BCUT2D eigenvalue weighted by Gasteiger charge is -2.41. The van der Waals surface area contributed by atoms with E-state index < -0.39 is 0 Å². The van der Waals surface area contributed by atoms with E-state index in [0.717, 1.165) is 37.8 Å². The van der Waals surface area contributed by atoms with Crippen LogP contribution in [0.3, 0.4) is 0 Å². The molecule has 0 spiro atoms. The first-order valence-corrected chi connectivity index (χ1v) is 8.51. The van der Waals surface area contributed by atoms with Crippen LogP contribution in [0.15, 0.2) is 24.3 Å². The number of benzene rings is 1. The van der Waals surface area contributed by atoms with Crippen molar-refractivity contribution in [2.24, 2.45) is 0 Å². The highest BCUT2D eigenvalue weighted by Gasteiger charge is 2.27. The van der Waals surface area contributed by atoms with E-state index >= 15 is 0 Å². The molecule has 4 nitrogen and oxygen atoms in total. The number of nitrogens with zero attached hydrogens (tertiary/aromatic N) is 2. The fraction of sp³-hybridized carbons (Fsp3) is 0.667. The van der Waals surface area contributed by atoms with Gasteiger partial charge < -0.3 is 9.84 Å². The summed E-state index contributed by atoms with van der Waals surface area (Å²) >= 11 is 0. The maximum Gasteiger partial charge on any atom is 0.0681 e. The lowest BCUT2D eigenvalue weighted by Crippen LogP contribution is -2.50. The van der Waals surface area contributed by atoms with Gasteiger partial charge in [-0.1, -0.05) is 24.3 Å². The molecule has 1 atom stereocenters. The van der Waals surface area contributed by atoms with Crippen LogP contribution in [-0.2, 0) is 17.9 Å². The van der Waals surface area contributed by atoms with Crippen LogP contribution in [0.25, 0.3) is 0 Å². The molecule has 2 heterocycles. The third-order valence-corrected chi connectivity index (χ3v) is 4.96. The molecule has 0 radical (unpaired) electrons. The smallest absolute Gasteiger partial charge is 0.0681 e. The first-order chi connectivity index (χ1) is 10.7. The largest absolute Gasteiger partial charge is 0.392 e. The Hall–Kier alpha value is -0.940. The summed E-state index contributed by atoms with van der Waals surface area (Å²) < 4.78 is 5.65. The zero-order chi connectivity index (χ0) is 15.4. The van der Waals surface area contributed by atoms with Crippen molar-refractivity contribution >= 4 is 0 Å². The molecule has 0 saturated carbocycles. The Balaban J connectivity index is 1.46. The van der Waals surface area contributed by atoms with Crippen molar-refractivity contribution in [2.45, 2.75) is 45.1 Å². The van der Waals surface area contributed by atoms with Gasteiger partial charge in [0.2, 0.25) is 0 Å². The second-order valence-electron chi connectivity index (χ2n) is 6.66. The van der Waals surface area contributed by atoms with E-state index in [0.29, 0.717) is 6.10 Å². The molecule has 2 aliphatic heterocycles. The van der Waals surface area contributed by atoms with Gasteiger partial charge in [-0.05, 0) is 44.0 Å². The van der Waals surface area contributed by atoms with Crippen molar-refractivity contribution in [3.63, 3.8) is 0 Å². The van der Waals surface area contributed by atoms with Crippen LogP contribution in [0.1, 0.15) is 30.9 Å². The minimum atomic E-state index is 0.129. The van der Waals surface area contributed by atoms with Gasteiger partial charge in [-0.15, -0.1) is 0 Å². The van der Waals surface area contributed by atoms with Crippen molar-refractivity contribution in [3.8, 4) is 0 Å². The normalized spacial score (nSPS) is 25.5. The Morgan fingerprint density at radius 1 is 1.09 bits per heavy atom. The number of ether oxygens (including phenoxy) is 1. The maximum absolute atomic E-state index is 9.10. The Morgan fingerprint density at radius 2 is 1.77 bits per heavy atom. The fourth-order valence-corrected chi connectivity index (χ4v) is 3.63. The number of aliphatic hydroxyl groups excluding tert-OH is 1. The van der Waals surface area contributed by atoms with Gasteiger partial charge in [-0.3, -0.25) is 9.80 Å². The molecule has 2 saturated heterocycles. The van der Waals surface area contributed by atoms with Crippen LogP contribution in [0.4, 0.5) is 0 Å². The minimum Gasteiger partial charge on any atom is -0.392 e. The molecule has 1 aromatic carbocycles. The zero-order valence-electron chi connectivity index (χ0n) is 13.6. The Bertz CT molecular complexity index is 455. The van der Waals surface area contributed by atoms with Gasteiger partial charge >= 0.3 is 0 Å². The Labute approximate surface area is 133 Å². The van der Waals surface area contributed by atoms with E-state index in [9.17, 15) is 0 Å². The highest BCUT2D eigenvalue weighted by molar-refractivity contribution is 5.21. The molecule has 1 unspecified atom stereocenters. The highest BCUT2D eigenvalue weighted by Crippen LogP contribution is 2.20. The van der Waals surface area contributed by atoms with Gasteiger partial charge in [0.25, 0.3) is 0 Å². The summed E-state index contributed by atoms with van der Waals surface area (Å²) in [6, 6.07) is 9.07. The zero-order valence-corrected chi connectivity index (χ0v) is 13.6. The van der Waals surface area contributed by atoms with Crippen molar-refractivity contribution in [1.82, 2.24) is 9.80 Å². The summed E-state index contributed by atoms with van der Waals surface area (Å²) in [7, 11) is 0. The van der Waals surface area contributed by atoms with E-state index in [1.54, 1.807) is 0 Å². The number of aliphatic hydroxyl groups is 1. The number of piperidine rings is 1. The van der Waals surface area contributed by atoms with Crippen molar-refractivity contribution in [2.75, 3.05) is 32.8 Å². The van der Waals surface area contributed by atoms with Crippen LogP contribution >= 0.6 is 0 Å². The standard InChI is InChI=1S/C18H28N2O2/c1-15-12-20(10-11-22-15)18-6-8-19(9-7-18)13-16-2-4-17(14-21)5-3-16/h2-5,15,18,21H,6-14H2,1H3. The Morgan fingerprint density at radius 3 is 2.41 bits per heavy atom. The first-order valence-electron chi connectivity index (χ1n) is 8.51. The SMILES string of the molecule is CC1CN(C2CCN(Cc3ccc(CO)cc3)CC2)CCO1. The van der Waals surface area contributed by atoms with E-state index in [4.69, 9.17) is 9.84 Å². The number of rotatable bonds is 4. The number of likely N-dealkylation sites (tertiary alicyclic amines) is 1. The number of hydrogen-bond donors (Lipinski definition) is 1. The summed E-state index contributed by atoms with van der Waals surface area (Å²) in [5, 5.41) is 9.10. The molecule has 3 rings (SSSR count). The van der Waals surface area contributed by atoms with Gasteiger partial charge in [0, 0.05) is 25.7 Å². The van der Waals surface area contributed by atoms with Crippen LogP contribution < -0.4 is 0 Å². The summed E-state index contributed by atoms with van der Waals surface area (Å²) in [4.78, 5) is 5.18. The van der Waals surface area contributed by atoms with Crippen LogP contribution in [-0.4, -0.2) is 59.8 Å². The van der Waals surface area contributed by atoms with Crippen LogP contribution in [0, 0.1) is 0 Å². The average Bonchev–Trinajstić information content (AvgIpc) is 2.56. The molecule has 0 amide bonds. The minimum absolute atomic E-state index is 0.129. The summed E-state index contributed by atoms with van der Waals surface area (Å²) in [6.07, 6.45) is 2.92. The lowest BCUT2D eigenvalue weighted by atomic mass is 10.0. The van der Waals surface area contributed by atoms with Gasteiger partial charge in [-0.2, -0.15) is 0 Å². The summed E-state index contributed by atoms with van der Waals surface area (Å²) in [6.45, 7) is 8.76. The summed E-state index contributed by atoms with van der Waals surface area (Å²) in [5.41, 5.74) is 2.33. The van der Waals surface area contributed by atoms with Crippen molar-refractivity contribution < 1.29 is 9.84 Å².